The average Bonchev–Trinajstić information content (AvgIpc) is 2.70. The van der Waals surface area contributed by atoms with Crippen molar-refractivity contribution in [2.24, 2.45) is 0 Å². The summed E-state index contributed by atoms with van der Waals surface area (Å²) in [7, 11) is 0. The molecule has 0 aliphatic heterocycles. The lowest BCUT2D eigenvalue weighted by Crippen LogP contribution is -1.84. The maximum Gasteiger partial charge on any atom is 0.0430 e. The monoisotopic (exact) mass is 289 g/mol. The first-order chi connectivity index (χ1) is 10.3. The minimum atomic E-state index is 0.806. The lowest BCUT2D eigenvalue weighted by molar-refractivity contribution is 1.32. The van der Waals surface area contributed by atoms with Gasteiger partial charge in [0.2, 0.25) is 0 Å². The van der Waals surface area contributed by atoms with Gasteiger partial charge in [-0.05, 0) is 46.7 Å². The standard InChI is InChI=1S/C19H15NS/c20-14-11-9-13(10-12-14)15-6-4-7-17-16-5-2-1-3-8-18(16)21-19(15)17/h1-4,6-12H,5,20H2. The highest BCUT2D eigenvalue weighted by Gasteiger charge is 2.13. The second-order valence-electron chi connectivity index (χ2n) is 5.24. The van der Waals surface area contributed by atoms with Crippen LogP contribution in [0.25, 0.3) is 27.3 Å². The Morgan fingerprint density at radius 3 is 2.67 bits per heavy atom. The maximum atomic E-state index is 5.80. The van der Waals surface area contributed by atoms with Crippen LogP contribution in [0.4, 0.5) is 5.69 Å². The first-order valence-electron chi connectivity index (χ1n) is 7.06. The molecule has 2 heteroatoms. The number of hydrogen-bond donors (Lipinski definition) is 1. The molecule has 0 fully saturated rings. The van der Waals surface area contributed by atoms with E-state index in [2.05, 4.69) is 54.6 Å². The van der Waals surface area contributed by atoms with Crippen LogP contribution in [0.5, 0.6) is 0 Å². The molecule has 0 unspecified atom stereocenters. The van der Waals surface area contributed by atoms with E-state index in [4.69, 9.17) is 5.73 Å². The summed E-state index contributed by atoms with van der Waals surface area (Å²) in [6.07, 6.45) is 9.71. The summed E-state index contributed by atoms with van der Waals surface area (Å²) in [6.45, 7) is 0. The van der Waals surface area contributed by atoms with Gasteiger partial charge in [0.15, 0.2) is 0 Å². The molecule has 2 aromatic carbocycles. The van der Waals surface area contributed by atoms with Gasteiger partial charge in [0.05, 0.1) is 0 Å². The number of benzene rings is 2. The van der Waals surface area contributed by atoms with Crippen LogP contribution in [0.3, 0.4) is 0 Å². The van der Waals surface area contributed by atoms with Crippen LogP contribution in [0.2, 0.25) is 0 Å². The Morgan fingerprint density at radius 2 is 1.81 bits per heavy atom. The number of thiophene rings is 1. The number of rotatable bonds is 1. The van der Waals surface area contributed by atoms with Crippen LogP contribution < -0.4 is 5.73 Å². The third kappa shape index (κ3) is 2.08. The van der Waals surface area contributed by atoms with E-state index in [9.17, 15) is 0 Å². The molecule has 1 aromatic heterocycles. The molecule has 0 atom stereocenters. The van der Waals surface area contributed by atoms with Gasteiger partial charge in [0, 0.05) is 15.3 Å². The SMILES string of the molecule is Nc1ccc(-c2cccc3c4c(sc23)C=CC=CC4)cc1. The number of nitrogen functional groups attached to an aromatic ring is 1. The van der Waals surface area contributed by atoms with E-state index < -0.39 is 0 Å². The van der Waals surface area contributed by atoms with Crippen molar-refractivity contribution in [2.45, 2.75) is 6.42 Å². The van der Waals surface area contributed by atoms with Crippen molar-refractivity contribution < 1.29 is 0 Å². The van der Waals surface area contributed by atoms with Gasteiger partial charge < -0.3 is 5.73 Å². The highest BCUT2D eigenvalue weighted by Crippen LogP contribution is 2.39. The molecule has 0 saturated carbocycles. The van der Waals surface area contributed by atoms with E-state index in [1.807, 2.05) is 23.5 Å². The summed E-state index contributed by atoms with van der Waals surface area (Å²) in [4.78, 5) is 1.37. The maximum absolute atomic E-state index is 5.80. The fourth-order valence-corrected chi connectivity index (χ4v) is 4.11. The van der Waals surface area contributed by atoms with Crippen LogP contribution in [-0.2, 0) is 6.42 Å². The molecule has 0 spiro atoms. The molecule has 4 rings (SSSR count). The zero-order valence-corrected chi connectivity index (χ0v) is 12.4. The summed E-state index contributed by atoms with van der Waals surface area (Å²) >= 11 is 1.88. The molecule has 1 nitrogen and oxygen atoms in total. The third-order valence-corrected chi connectivity index (χ3v) is 5.13. The molecule has 3 aromatic rings. The second-order valence-corrected chi connectivity index (χ2v) is 6.29. The topological polar surface area (TPSA) is 26.0 Å². The molecule has 1 aliphatic carbocycles. The Hall–Kier alpha value is -2.32. The molecular formula is C19H15NS. The first-order valence-corrected chi connectivity index (χ1v) is 7.88. The highest BCUT2D eigenvalue weighted by molar-refractivity contribution is 7.20. The molecule has 102 valence electrons. The summed E-state index contributed by atoms with van der Waals surface area (Å²) in [6, 6.07) is 14.7. The van der Waals surface area contributed by atoms with E-state index in [1.165, 1.54) is 31.7 Å². The van der Waals surface area contributed by atoms with Crippen molar-refractivity contribution in [3.63, 3.8) is 0 Å². The first kappa shape index (κ1) is 12.4. The number of nitrogens with two attached hydrogens (primary N) is 1. The van der Waals surface area contributed by atoms with Gasteiger partial charge in [0.25, 0.3) is 0 Å². The smallest absolute Gasteiger partial charge is 0.0430 e. The van der Waals surface area contributed by atoms with E-state index >= 15 is 0 Å². The van der Waals surface area contributed by atoms with Gasteiger partial charge in [-0.3, -0.25) is 0 Å². The fourth-order valence-electron chi connectivity index (χ4n) is 2.83. The zero-order valence-electron chi connectivity index (χ0n) is 11.5. The molecule has 1 heterocycles. The molecule has 21 heavy (non-hydrogen) atoms. The largest absolute Gasteiger partial charge is 0.399 e. The summed E-state index contributed by atoms with van der Waals surface area (Å²) < 4.78 is 1.37. The van der Waals surface area contributed by atoms with Crippen LogP contribution >= 0.6 is 11.3 Å². The minimum Gasteiger partial charge on any atom is -0.399 e. The van der Waals surface area contributed by atoms with Crippen molar-refractivity contribution in [1.82, 2.24) is 0 Å². The average molecular weight is 289 g/mol. The number of hydrogen-bond acceptors (Lipinski definition) is 2. The van der Waals surface area contributed by atoms with Crippen molar-refractivity contribution in [2.75, 3.05) is 5.73 Å². The molecule has 0 bridgehead atoms. The van der Waals surface area contributed by atoms with Crippen molar-refractivity contribution in [3.8, 4) is 11.1 Å². The van der Waals surface area contributed by atoms with E-state index in [1.54, 1.807) is 0 Å². The lowest BCUT2D eigenvalue weighted by Gasteiger charge is -2.04. The number of fused-ring (bicyclic) bond motifs is 3. The van der Waals surface area contributed by atoms with Gasteiger partial charge in [-0.15, -0.1) is 11.3 Å². The van der Waals surface area contributed by atoms with Crippen molar-refractivity contribution in [1.29, 1.82) is 0 Å². The Morgan fingerprint density at radius 1 is 0.952 bits per heavy atom. The van der Waals surface area contributed by atoms with Crippen molar-refractivity contribution >= 4 is 33.2 Å². The molecule has 0 saturated heterocycles. The minimum absolute atomic E-state index is 0.806. The third-order valence-electron chi connectivity index (χ3n) is 3.89. The van der Waals surface area contributed by atoms with E-state index in [0.29, 0.717) is 0 Å². The second kappa shape index (κ2) is 4.90. The van der Waals surface area contributed by atoms with Gasteiger partial charge in [-0.2, -0.15) is 0 Å². The van der Waals surface area contributed by atoms with Crippen LogP contribution in [0.1, 0.15) is 10.4 Å². The van der Waals surface area contributed by atoms with Gasteiger partial charge in [0.1, 0.15) is 0 Å². The van der Waals surface area contributed by atoms with Gasteiger partial charge in [-0.1, -0.05) is 48.6 Å². The molecule has 1 aliphatic rings. The number of allylic oxidation sites excluding steroid dienone is 3. The molecular weight excluding hydrogens is 274 g/mol. The fraction of sp³-hybridized carbons (Fsp3) is 0.0526. The van der Waals surface area contributed by atoms with Crippen LogP contribution in [0.15, 0.2) is 60.7 Å². The van der Waals surface area contributed by atoms with E-state index in [0.717, 1.165) is 12.1 Å². The number of anilines is 1. The van der Waals surface area contributed by atoms with Gasteiger partial charge >= 0.3 is 0 Å². The van der Waals surface area contributed by atoms with Crippen LogP contribution in [0, 0.1) is 0 Å². The molecule has 0 amide bonds. The Bertz CT molecular complexity index is 866. The molecule has 2 N–H and O–H groups in total. The van der Waals surface area contributed by atoms with Crippen molar-refractivity contribution in [3.05, 3.63) is 71.1 Å². The Labute approximate surface area is 128 Å². The Kier molecular flexibility index (Phi) is 2.90. The van der Waals surface area contributed by atoms with E-state index in [-0.39, 0.29) is 0 Å². The highest BCUT2D eigenvalue weighted by atomic mass is 32.1. The van der Waals surface area contributed by atoms with Gasteiger partial charge in [-0.25, -0.2) is 0 Å². The normalized spacial score (nSPS) is 13.3. The predicted octanol–water partition coefficient (Wildman–Crippen LogP) is 5.28. The zero-order chi connectivity index (χ0) is 14.2. The summed E-state index contributed by atoms with van der Waals surface area (Å²) in [5, 5.41) is 1.38. The summed E-state index contributed by atoms with van der Waals surface area (Å²) in [5.41, 5.74) is 10.6. The predicted molar refractivity (Wildman–Crippen MR) is 93.6 cm³/mol. The molecule has 0 radical (unpaired) electrons. The van der Waals surface area contributed by atoms with Crippen LogP contribution in [-0.4, -0.2) is 0 Å². The lowest BCUT2D eigenvalue weighted by atomic mass is 10.0. The quantitative estimate of drug-likeness (QED) is 0.606. The Balaban J connectivity index is 1.97. The summed E-state index contributed by atoms with van der Waals surface area (Å²) in [5.74, 6) is 0.